The highest BCUT2D eigenvalue weighted by atomic mass is 16.5. The van der Waals surface area contributed by atoms with Gasteiger partial charge in [0.25, 0.3) is 0 Å². The van der Waals surface area contributed by atoms with Crippen LogP contribution in [0, 0.1) is 0 Å². The van der Waals surface area contributed by atoms with Crippen LogP contribution in [0.15, 0.2) is 23.8 Å². The van der Waals surface area contributed by atoms with Gasteiger partial charge in [-0.25, -0.2) is 0 Å². The summed E-state index contributed by atoms with van der Waals surface area (Å²) >= 11 is 0. The van der Waals surface area contributed by atoms with E-state index in [1.165, 1.54) is 0 Å². The first-order valence-electron chi connectivity index (χ1n) is 3.73. The Morgan fingerprint density at radius 3 is 3.09 bits per heavy atom. The van der Waals surface area contributed by atoms with Crippen molar-refractivity contribution in [2.75, 3.05) is 13.7 Å². The second-order valence-corrected chi connectivity index (χ2v) is 2.51. The van der Waals surface area contributed by atoms with Crippen molar-refractivity contribution in [1.29, 1.82) is 0 Å². The van der Waals surface area contributed by atoms with Gasteiger partial charge in [0.05, 0.1) is 6.61 Å². The summed E-state index contributed by atoms with van der Waals surface area (Å²) in [5, 5.41) is 0. The largest absolute Gasteiger partial charge is 0.380 e. The molecule has 1 rings (SSSR count). The molecule has 1 aliphatic rings. The second kappa shape index (κ2) is 4.09. The minimum absolute atomic E-state index is 0.0874. The molecule has 0 unspecified atom stereocenters. The molecule has 2 heteroatoms. The highest BCUT2D eigenvalue weighted by Gasteiger charge is 2.06. The van der Waals surface area contributed by atoms with E-state index in [2.05, 4.69) is 0 Å². The molecule has 0 heterocycles. The van der Waals surface area contributed by atoms with E-state index in [1.54, 1.807) is 13.2 Å². The molecule has 2 nitrogen and oxygen atoms in total. The fourth-order valence-electron chi connectivity index (χ4n) is 1.04. The van der Waals surface area contributed by atoms with Crippen LogP contribution in [0.5, 0.6) is 0 Å². The summed E-state index contributed by atoms with van der Waals surface area (Å²) in [4.78, 5) is 11.2. The summed E-state index contributed by atoms with van der Waals surface area (Å²) in [7, 11) is 1.60. The molecule has 0 saturated heterocycles. The maximum atomic E-state index is 11.2. The Balaban J connectivity index is 2.65. The number of ether oxygens (including phenoxy) is 1. The molecule has 0 fully saturated rings. The second-order valence-electron chi connectivity index (χ2n) is 2.51. The molecule has 1 aliphatic carbocycles. The Kier molecular flexibility index (Phi) is 3.05. The van der Waals surface area contributed by atoms with Crippen molar-refractivity contribution in [2.45, 2.75) is 12.8 Å². The number of carbonyl (C=O) groups excluding carboxylic acids is 1. The quantitative estimate of drug-likeness (QED) is 0.599. The summed E-state index contributed by atoms with van der Waals surface area (Å²) in [6.07, 6.45) is 7.38. The lowest BCUT2D eigenvalue weighted by Crippen LogP contribution is -2.04. The first-order chi connectivity index (χ1) is 5.34. The van der Waals surface area contributed by atoms with Crippen molar-refractivity contribution < 1.29 is 9.53 Å². The van der Waals surface area contributed by atoms with Crippen molar-refractivity contribution in [3.63, 3.8) is 0 Å². The molecule has 0 atom stereocenters. The lowest BCUT2D eigenvalue weighted by atomic mass is 10.2. The molecule has 60 valence electrons. The minimum Gasteiger partial charge on any atom is -0.380 e. The third-order valence-electron chi connectivity index (χ3n) is 1.61. The molecule has 0 aromatic carbocycles. The maximum Gasteiger partial charge on any atom is 0.183 e. The Labute approximate surface area is 66.5 Å². The third-order valence-corrected chi connectivity index (χ3v) is 1.61. The molecule has 0 N–H and O–H groups in total. The van der Waals surface area contributed by atoms with Crippen LogP contribution in [0.2, 0.25) is 0 Å². The van der Waals surface area contributed by atoms with Crippen LogP contribution in [0.1, 0.15) is 12.8 Å². The zero-order valence-corrected chi connectivity index (χ0v) is 6.67. The number of hydrogen-bond acceptors (Lipinski definition) is 2. The van der Waals surface area contributed by atoms with Crippen LogP contribution in [-0.4, -0.2) is 19.5 Å². The van der Waals surface area contributed by atoms with Crippen molar-refractivity contribution in [3.8, 4) is 0 Å². The molecule has 0 saturated carbocycles. The van der Waals surface area contributed by atoms with Gasteiger partial charge in [-0.15, -0.1) is 0 Å². The first-order valence-corrected chi connectivity index (χ1v) is 3.73. The summed E-state index contributed by atoms with van der Waals surface area (Å²) < 4.78 is 4.88. The van der Waals surface area contributed by atoms with E-state index < -0.39 is 0 Å². The fraction of sp³-hybridized carbons (Fsp3) is 0.444. The lowest BCUT2D eigenvalue weighted by molar-refractivity contribution is -0.111. The minimum atomic E-state index is 0.0874. The van der Waals surface area contributed by atoms with Crippen molar-refractivity contribution in [3.05, 3.63) is 23.8 Å². The Morgan fingerprint density at radius 2 is 2.36 bits per heavy atom. The smallest absolute Gasteiger partial charge is 0.183 e. The van der Waals surface area contributed by atoms with E-state index in [0.717, 1.165) is 18.4 Å². The highest BCUT2D eigenvalue weighted by molar-refractivity contribution is 6.04. The Bertz CT molecular complexity index is 202. The zero-order valence-electron chi connectivity index (χ0n) is 6.67. The van der Waals surface area contributed by atoms with Gasteiger partial charge < -0.3 is 4.74 Å². The molecule has 0 aromatic heterocycles. The van der Waals surface area contributed by atoms with Crippen LogP contribution < -0.4 is 0 Å². The van der Waals surface area contributed by atoms with Crippen LogP contribution in [0.4, 0.5) is 0 Å². The first kappa shape index (κ1) is 8.21. The van der Waals surface area contributed by atoms with Crippen molar-refractivity contribution in [2.24, 2.45) is 0 Å². The zero-order chi connectivity index (χ0) is 8.10. The summed E-state index contributed by atoms with van der Waals surface area (Å²) in [5.41, 5.74) is 0.779. The van der Waals surface area contributed by atoms with E-state index in [-0.39, 0.29) is 5.78 Å². The summed E-state index contributed by atoms with van der Waals surface area (Å²) in [6, 6.07) is 0. The van der Waals surface area contributed by atoms with E-state index in [9.17, 15) is 4.79 Å². The number of allylic oxidation sites excluding steroid dienone is 3. The Morgan fingerprint density at radius 1 is 1.55 bits per heavy atom. The predicted molar refractivity (Wildman–Crippen MR) is 43.3 cm³/mol. The van der Waals surface area contributed by atoms with Crippen molar-refractivity contribution in [1.82, 2.24) is 0 Å². The molecule has 0 aliphatic heterocycles. The van der Waals surface area contributed by atoms with Gasteiger partial charge in [0.2, 0.25) is 0 Å². The van der Waals surface area contributed by atoms with Gasteiger partial charge in [-0.2, -0.15) is 0 Å². The van der Waals surface area contributed by atoms with Crippen LogP contribution in [-0.2, 0) is 9.53 Å². The van der Waals surface area contributed by atoms with E-state index >= 15 is 0 Å². The Hall–Kier alpha value is -0.890. The van der Waals surface area contributed by atoms with E-state index in [4.69, 9.17) is 4.74 Å². The van der Waals surface area contributed by atoms with Gasteiger partial charge >= 0.3 is 0 Å². The topological polar surface area (TPSA) is 26.3 Å². The molecule has 0 amide bonds. The molecule has 0 radical (unpaired) electrons. The number of carbonyl (C=O) groups is 1. The molecule has 0 spiro atoms. The third kappa shape index (κ3) is 2.31. The van der Waals surface area contributed by atoms with Gasteiger partial charge in [-0.05, 0) is 18.9 Å². The van der Waals surface area contributed by atoms with E-state index in [1.807, 2.05) is 12.2 Å². The fourth-order valence-corrected chi connectivity index (χ4v) is 1.04. The standard InChI is InChI=1S/C9H12O2/c1-11-7-8-5-3-2-4-6-9(8)10/h4-6H,2-3,7H2,1H3. The van der Waals surface area contributed by atoms with Crippen LogP contribution in [0.25, 0.3) is 0 Å². The molecular formula is C9H12O2. The average Bonchev–Trinajstić information content (AvgIpc) is 2.18. The summed E-state index contributed by atoms with van der Waals surface area (Å²) in [6.45, 7) is 0.434. The van der Waals surface area contributed by atoms with Crippen molar-refractivity contribution >= 4 is 5.78 Å². The monoisotopic (exact) mass is 152 g/mol. The number of methoxy groups -OCH3 is 1. The van der Waals surface area contributed by atoms with Gasteiger partial charge in [0.15, 0.2) is 5.78 Å². The molecule has 11 heavy (non-hydrogen) atoms. The van der Waals surface area contributed by atoms with Crippen LogP contribution >= 0.6 is 0 Å². The van der Waals surface area contributed by atoms with Gasteiger partial charge in [-0.3, -0.25) is 4.79 Å². The number of rotatable bonds is 2. The normalized spacial score (nSPS) is 17.9. The number of ketones is 1. The highest BCUT2D eigenvalue weighted by Crippen LogP contribution is 2.07. The molecule has 0 aromatic rings. The van der Waals surface area contributed by atoms with Gasteiger partial charge in [0.1, 0.15) is 0 Å². The van der Waals surface area contributed by atoms with Crippen LogP contribution in [0.3, 0.4) is 0 Å². The molecule has 0 bridgehead atoms. The maximum absolute atomic E-state index is 11.2. The number of hydrogen-bond donors (Lipinski definition) is 0. The predicted octanol–water partition coefficient (Wildman–Crippen LogP) is 1.48. The van der Waals surface area contributed by atoms with E-state index in [0.29, 0.717) is 6.61 Å². The average molecular weight is 152 g/mol. The van der Waals surface area contributed by atoms with Gasteiger partial charge in [-0.1, -0.05) is 12.2 Å². The lowest BCUT2D eigenvalue weighted by Gasteiger charge is -1.99. The SMILES string of the molecule is COCC1=CCCC=CC1=O. The molecular weight excluding hydrogens is 140 g/mol. The van der Waals surface area contributed by atoms with Gasteiger partial charge in [0, 0.05) is 12.7 Å². The summed E-state index contributed by atoms with van der Waals surface area (Å²) in [5.74, 6) is 0.0874.